The Morgan fingerprint density at radius 2 is 2.10 bits per heavy atom. The third kappa shape index (κ3) is 3.62. The van der Waals surface area contributed by atoms with E-state index in [1.54, 1.807) is 11.9 Å². The number of halogens is 4. The highest BCUT2D eigenvalue weighted by Gasteiger charge is 2.31. The maximum atomic E-state index is 13.8. The van der Waals surface area contributed by atoms with Crippen molar-refractivity contribution in [2.75, 3.05) is 31.6 Å². The number of nitrogens with zero attached hydrogens (tertiary/aromatic N) is 1. The standard InChI is InChI=1S/C14H18F4N2/c1-20(9-10-3-2-6-19-8-10)13-5-4-11(7-12(13)15)14(16,17)18/h4-5,7,10,19H,2-3,6,8-9H2,1H3. The molecule has 1 heterocycles. The molecule has 1 fully saturated rings. The maximum Gasteiger partial charge on any atom is 0.416 e. The van der Waals surface area contributed by atoms with Gasteiger partial charge in [-0.15, -0.1) is 0 Å². The van der Waals surface area contributed by atoms with Crippen LogP contribution in [0.3, 0.4) is 0 Å². The first kappa shape index (κ1) is 15.1. The predicted octanol–water partition coefficient (Wildman–Crippen LogP) is 3.28. The van der Waals surface area contributed by atoms with Gasteiger partial charge in [-0.3, -0.25) is 0 Å². The Morgan fingerprint density at radius 3 is 2.65 bits per heavy atom. The highest BCUT2D eigenvalue weighted by atomic mass is 19.4. The molecule has 2 rings (SSSR count). The topological polar surface area (TPSA) is 15.3 Å². The van der Waals surface area contributed by atoms with Crippen LogP contribution in [0, 0.1) is 11.7 Å². The van der Waals surface area contributed by atoms with Gasteiger partial charge in [0.05, 0.1) is 11.3 Å². The van der Waals surface area contributed by atoms with Crippen LogP contribution < -0.4 is 10.2 Å². The smallest absolute Gasteiger partial charge is 0.372 e. The Bertz CT molecular complexity index is 453. The van der Waals surface area contributed by atoms with Crippen molar-refractivity contribution in [3.8, 4) is 0 Å². The fourth-order valence-corrected chi connectivity index (χ4v) is 2.56. The van der Waals surface area contributed by atoms with E-state index in [-0.39, 0.29) is 5.69 Å². The fraction of sp³-hybridized carbons (Fsp3) is 0.571. The first-order chi connectivity index (χ1) is 9.38. The molecule has 0 bridgehead atoms. The van der Waals surface area contributed by atoms with Crippen molar-refractivity contribution in [1.82, 2.24) is 5.32 Å². The molecule has 0 spiro atoms. The average Bonchev–Trinajstić information content (AvgIpc) is 2.38. The van der Waals surface area contributed by atoms with E-state index in [1.165, 1.54) is 6.07 Å². The molecule has 0 amide bonds. The van der Waals surface area contributed by atoms with E-state index in [4.69, 9.17) is 0 Å². The number of hydrogen-bond donors (Lipinski definition) is 1. The normalized spacial score (nSPS) is 19.9. The minimum atomic E-state index is -4.51. The summed E-state index contributed by atoms with van der Waals surface area (Å²) in [6.45, 7) is 2.50. The Kier molecular flexibility index (Phi) is 4.52. The molecule has 1 aromatic rings. The monoisotopic (exact) mass is 290 g/mol. The first-order valence-corrected chi connectivity index (χ1v) is 6.66. The third-order valence-corrected chi connectivity index (χ3v) is 3.62. The Hall–Kier alpha value is -1.30. The number of hydrogen-bond acceptors (Lipinski definition) is 2. The number of benzene rings is 1. The van der Waals surface area contributed by atoms with Gasteiger partial charge in [0.15, 0.2) is 0 Å². The summed E-state index contributed by atoms with van der Waals surface area (Å²) in [5.41, 5.74) is -0.741. The summed E-state index contributed by atoms with van der Waals surface area (Å²) >= 11 is 0. The van der Waals surface area contributed by atoms with Crippen molar-refractivity contribution in [2.24, 2.45) is 5.92 Å². The van der Waals surface area contributed by atoms with E-state index in [0.717, 1.165) is 32.0 Å². The molecule has 112 valence electrons. The molecule has 0 radical (unpaired) electrons. The van der Waals surface area contributed by atoms with Gasteiger partial charge in [0, 0.05) is 13.6 Å². The summed E-state index contributed by atoms with van der Waals surface area (Å²) in [7, 11) is 1.71. The Balaban J connectivity index is 2.07. The van der Waals surface area contributed by atoms with Crippen LogP contribution >= 0.6 is 0 Å². The van der Waals surface area contributed by atoms with E-state index in [9.17, 15) is 17.6 Å². The molecule has 1 saturated heterocycles. The van der Waals surface area contributed by atoms with Gasteiger partial charge < -0.3 is 10.2 Å². The summed E-state index contributed by atoms with van der Waals surface area (Å²) < 4.78 is 51.3. The molecule has 6 heteroatoms. The van der Waals surface area contributed by atoms with Crippen LogP contribution in [0.25, 0.3) is 0 Å². The number of nitrogens with one attached hydrogen (secondary N) is 1. The van der Waals surface area contributed by atoms with Crippen LogP contribution in [0.5, 0.6) is 0 Å². The minimum Gasteiger partial charge on any atom is -0.372 e. The van der Waals surface area contributed by atoms with Crippen LogP contribution in [0.4, 0.5) is 23.2 Å². The van der Waals surface area contributed by atoms with Gasteiger partial charge in [-0.25, -0.2) is 4.39 Å². The van der Waals surface area contributed by atoms with E-state index < -0.39 is 17.6 Å². The molecule has 0 saturated carbocycles. The van der Waals surface area contributed by atoms with E-state index in [2.05, 4.69) is 5.32 Å². The molecular weight excluding hydrogens is 272 g/mol. The van der Waals surface area contributed by atoms with Gasteiger partial charge in [-0.2, -0.15) is 13.2 Å². The maximum absolute atomic E-state index is 13.8. The number of rotatable bonds is 3. The van der Waals surface area contributed by atoms with Crippen LogP contribution in [-0.4, -0.2) is 26.7 Å². The molecule has 1 aliphatic heterocycles. The number of anilines is 1. The number of alkyl halides is 3. The summed E-state index contributed by atoms with van der Waals surface area (Å²) in [5.74, 6) is -0.429. The fourth-order valence-electron chi connectivity index (χ4n) is 2.56. The van der Waals surface area contributed by atoms with E-state index in [0.29, 0.717) is 18.5 Å². The van der Waals surface area contributed by atoms with Crippen molar-refractivity contribution in [3.63, 3.8) is 0 Å². The zero-order chi connectivity index (χ0) is 14.8. The Morgan fingerprint density at radius 1 is 1.35 bits per heavy atom. The van der Waals surface area contributed by atoms with Gasteiger partial charge in [0.25, 0.3) is 0 Å². The second kappa shape index (κ2) is 5.99. The zero-order valence-electron chi connectivity index (χ0n) is 11.3. The van der Waals surface area contributed by atoms with Crippen molar-refractivity contribution in [2.45, 2.75) is 19.0 Å². The molecule has 1 unspecified atom stereocenters. The van der Waals surface area contributed by atoms with E-state index in [1.807, 2.05) is 0 Å². The molecule has 2 nitrogen and oxygen atoms in total. The van der Waals surface area contributed by atoms with Crippen molar-refractivity contribution in [3.05, 3.63) is 29.6 Å². The zero-order valence-corrected chi connectivity index (χ0v) is 11.3. The van der Waals surface area contributed by atoms with Crippen molar-refractivity contribution in [1.29, 1.82) is 0 Å². The van der Waals surface area contributed by atoms with Gasteiger partial charge in [0.1, 0.15) is 5.82 Å². The summed E-state index contributed by atoms with van der Waals surface area (Å²) in [6.07, 6.45) is -2.38. The predicted molar refractivity (Wildman–Crippen MR) is 70.3 cm³/mol. The van der Waals surface area contributed by atoms with Gasteiger partial charge in [-0.05, 0) is 50.0 Å². The SMILES string of the molecule is CN(CC1CCCNC1)c1ccc(C(F)(F)F)cc1F. The molecule has 20 heavy (non-hydrogen) atoms. The Labute approximate surface area is 115 Å². The highest BCUT2D eigenvalue weighted by Crippen LogP contribution is 2.32. The van der Waals surface area contributed by atoms with Crippen LogP contribution in [0.1, 0.15) is 18.4 Å². The lowest BCUT2D eigenvalue weighted by Crippen LogP contribution is -2.37. The van der Waals surface area contributed by atoms with Gasteiger partial charge in [-0.1, -0.05) is 0 Å². The van der Waals surface area contributed by atoms with Gasteiger partial charge in [0.2, 0.25) is 0 Å². The first-order valence-electron chi connectivity index (χ1n) is 6.66. The summed E-state index contributed by atoms with van der Waals surface area (Å²) in [6, 6.07) is 2.69. The third-order valence-electron chi connectivity index (χ3n) is 3.62. The van der Waals surface area contributed by atoms with Crippen molar-refractivity contribution >= 4 is 5.69 Å². The lowest BCUT2D eigenvalue weighted by Gasteiger charge is -2.29. The molecule has 1 aliphatic rings. The van der Waals surface area contributed by atoms with Crippen molar-refractivity contribution < 1.29 is 17.6 Å². The number of piperidine rings is 1. The minimum absolute atomic E-state index is 0.212. The van der Waals surface area contributed by atoms with E-state index >= 15 is 0 Å². The molecular formula is C14H18F4N2. The lowest BCUT2D eigenvalue weighted by molar-refractivity contribution is -0.137. The summed E-state index contributed by atoms with van der Waals surface area (Å²) in [5, 5.41) is 3.27. The molecule has 0 aromatic heterocycles. The summed E-state index contributed by atoms with van der Waals surface area (Å²) in [4.78, 5) is 1.69. The lowest BCUT2D eigenvalue weighted by atomic mass is 9.99. The quantitative estimate of drug-likeness (QED) is 0.859. The van der Waals surface area contributed by atoms with Crippen LogP contribution in [0.15, 0.2) is 18.2 Å². The highest BCUT2D eigenvalue weighted by molar-refractivity contribution is 5.49. The molecule has 1 N–H and O–H groups in total. The molecule has 1 aromatic carbocycles. The largest absolute Gasteiger partial charge is 0.416 e. The molecule has 0 aliphatic carbocycles. The average molecular weight is 290 g/mol. The second-order valence-electron chi connectivity index (χ2n) is 5.26. The van der Waals surface area contributed by atoms with Gasteiger partial charge >= 0.3 is 6.18 Å². The molecule has 1 atom stereocenters. The van der Waals surface area contributed by atoms with Crippen LogP contribution in [0.2, 0.25) is 0 Å². The second-order valence-corrected chi connectivity index (χ2v) is 5.26. The van der Waals surface area contributed by atoms with Crippen LogP contribution in [-0.2, 0) is 6.18 Å².